The fourth-order valence-electron chi connectivity index (χ4n) is 0.930. The van der Waals surface area contributed by atoms with Gasteiger partial charge in [0.15, 0.2) is 0 Å². The molecule has 0 aliphatic heterocycles. The Morgan fingerprint density at radius 1 is 1.46 bits per heavy atom. The van der Waals surface area contributed by atoms with Crippen LogP contribution in [0, 0.1) is 11.3 Å². The lowest BCUT2D eigenvalue weighted by Crippen LogP contribution is -2.35. The number of hydrogen-bond donors (Lipinski definition) is 1. The van der Waals surface area contributed by atoms with E-state index in [4.69, 9.17) is 11.0 Å². The lowest BCUT2D eigenvalue weighted by molar-refractivity contribution is -0.126. The second-order valence-corrected chi connectivity index (χ2v) is 2.50. The van der Waals surface area contributed by atoms with Crippen molar-refractivity contribution in [2.45, 2.75) is 5.67 Å². The smallest absolute Gasteiger partial charge is 0.297 e. The van der Waals surface area contributed by atoms with Crippen LogP contribution in [0.1, 0.15) is 5.56 Å². The zero-order valence-corrected chi connectivity index (χ0v) is 6.70. The second kappa shape index (κ2) is 3.23. The molecule has 66 valence electrons. The Morgan fingerprint density at radius 2 is 2.00 bits per heavy atom. The Hall–Kier alpha value is -1.89. The molecule has 13 heavy (non-hydrogen) atoms. The Labute approximate surface area is 74.6 Å². The Balaban J connectivity index is 3.21. The average molecular weight is 178 g/mol. The molecule has 0 aromatic heterocycles. The summed E-state index contributed by atoms with van der Waals surface area (Å²) >= 11 is 0. The highest BCUT2D eigenvalue weighted by atomic mass is 19.1. The number of halogens is 1. The van der Waals surface area contributed by atoms with Crippen LogP contribution in [-0.4, -0.2) is 5.91 Å². The molecule has 0 saturated carbocycles. The number of nitrogens with zero attached hydrogens (tertiary/aromatic N) is 1. The minimum atomic E-state index is -2.72. The summed E-state index contributed by atoms with van der Waals surface area (Å²) in [5.74, 6) is -1.29. The van der Waals surface area contributed by atoms with Crippen LogP contribution in [0.2, 0.25) is 0 Å². The van der Waals surface area contributed by atoms with Gasteiger partial charge < -0.3 is 5.73 Å². The number of alkyl halides is 1. The molecule has 0 spiro atoms. The van der Waals surface area contributed by atoms with Crippen molar-refractivity contribution in [3.05, 3.63) is 35.9 Å². The number of rotatable bonds is 2. The highest BCUT2D eigenvalue weighted by Gasteiger charge is 2.38. The minimum absolute atomic E-state index is 0.0370. The molecule has 1 rings (SSSR count). The summed E-state index contributed by atoms with van der Waals surface area (Å²) in [5.41, 5.74) is 2.02. The van der Waals surface area contributed by atoms with Gasteiger partial charge in [-0.2, -0.15) is 5.26 Å². The number of nitriles is 1. The van der Waals surface area contributed by atoms with E-state index >= 15 is 0 Å². The molecule has 4 heteroatoms. The first kappa shape index (κ1) is 9.20. The van der Waals surface area contributed by atoms with Crippen LogP contribution >= 0.6 is 0 Å². The molecular weight excluding hydrogens is 171 g/mol. The third-order valence-corrected chi connectivity index (χ3v) is 1.67. The van der Waals surface area contributed by atoms with Gasteiger partial charge in [-0.15, -0.1) is 0 Å². The molecule has 1 amide bonds. The predicted molar refractivity (Wildman–Crippen MR) is 44.0 cm³/mol. The van der Waals surface area contributed by atoms with Gasteiger partial charge in [0.25, 0.3) is 11.6 Å². The zero-order chi connectivity index (χ0) is 9.90. The van der Waals surface area contributed by atoms with Gasteiger partial charge >= 0.3 is 0 Å². The van der Waals surface area contributed by atoms with Gasteiger partial charge in [0.2, 0.25) is 0 Å². The molecule has 0 unspecified atom stereocenters. The van der Waals surface area contributed by atoms with E-state index in [9.17, 15) is 9.18 Å². The molecule has 0 bridgehead atoms. The highest BCUT2D eigenvalue weighted by Crippen LogP contribution is 2.24. The summed E-state index contributed by atoms with van der Waals surface area (Å²) in [7, 11) is 0. The fraction of sp³-hybridized carbons (Fsp3) is 0.111. The van der Waals surface area contributed by atoms with Crippen LogP contribution in [0.25, 0.3) is 0 Å². The summed E-state index contributed by atoms with van der Waals surface area (Å²) in [6.45, 7) is 0. The summed E-state index contributed by atoms with van der Waals surface area (Å²) in [6, 6.07) is 8.65. The lowest BCUT2D eigenvalue weighted by Gasteiger charge is -2.12. The van der Waals surface area contributed by atoms with Crippen molar-refractivity contribution in [1.29, 1.82) is 5.26 Å². The van der Waals surface area contributed by atoms with E-state index in [1.807, 2.05) is 0 Å². The molecule has 2 N–H and O–H groups in total. The largest absolute Gasteiger partial charge is 0.366 e. The third kappa shape index (κ3) is 1.49. The molecule has 1 aromatic carbocycles. The molecule has 3 nitrogen and oxygen atoms in total. The molecule has 1 aromatic rings. The van der Waals surface area contributed by atoms with Crippen LogP contribution in [0.3, 0.4) is 0 Å². The number of benzene rings is 1. The van der Waals surface area contributed by atoms with E-state index in [1.165, 1.54) is 30.3 Å². The number of nitrogens with two attached hydrogens (primary N) is 1. The number of amides is 1. The molecule has 0 aliphatic carbocycles. The highest BCUT2D eigenvalue weighted by molar-refractivity contribution is 5.87. The summed E-state index contributed by atoms with van der Waals surface area (Å²) in [4.78, 5) is 10.7. The molecule has 0 aliphatic rings. The fourth-order valence-corrected chi connectivity index (χ4v) is 0.930. The Kier molecular flexibility index (Phi) is 2.29. The van der Waals surface area contributed by atoms with Crippen molar-refractivity contribution in [3.63, 3.8) is 0 Å². The minimum Gasteiger partial charge on any atom is -0.366 e. The average Bonchev–Trinajstić information content (AvgIpc) is 2.17. The lowest BCUT2D eigenvalue weighted by atomic mass is 9.97. The van der Waals surface area contributed by atoms with Gasteiger partial charge in [-0.3, -0.25) is 4.79 Å². The van der Waals surface area contributed by atoms with Crippen LogP contribution in [0.15, 0.2) is 30.3 Å². The van der Waals surface area contributed by atoms with Crippen molar-refractivity contribution in [3.8, 4) is 6.07 Å². The van der Waals surface area contributed by atoms with Crippen molar-refractivity contribution < 1.29 is 9.18 Å². The first-order chi connectivity index (χ1) is 6.11. The van der Waals surface area contributed by atoms with Crippen LogP contribution in [0.5, 0.6) is 0 Å². The van der Waals surface area contributed by atoms with Gasteiger partial charge in [0.1, 0.15) is 6.07 Å². The van der Waals surface area contributed by atoms with Crippen molar-refractivity contribution in [2.24, 2.45) is 5.73 Å². The SMILES string of the molecule is N#C[C@](F)(C(N)=O)c1ccccc1. The van der Waals surface area contributed by atoms with E-state index in [1.54, 1.807) is 6.07 Å². The number of hydrogen-bond acceptors (Lipinski definition) is 2. The van der Waals surface area contributed by atoms with E-state index in [-0.39, 0.29) is 5.56 Å². The third-order valence-electron chi connectivity index (χ3n) is 1.67. The predicted octanol–water partition coefficient (Wildman–Crippen LogP) is 0.860. The van der Waals surface area contributed by atoms with E-state index in [2.05, 4.69) is 0 Å². The van der Waals surface area contributed by atoms with Gasteiger partial charge in [-0.1, -0.05) is 30.3 Å². The maximum absolute atomic E-state index is 13.5. The number of carbonyl (C=O) groups is 1. The van der Waals surface area contributed by atoms with E-state index < -0.39 is 11.6 Å². The quantitative estimate of drug-likeness (QED) is 0.729. The van der Waals surface area contributed by atoms with Crippen molar-refractivity contribution >= 4 is 5.91 Å². The standard InChI is InChI=1S/C9H7FN2O/c10-9(6-11,8(12)13)7-4-2-1-3-5-7/h1-5H,(H2,12,13)/t9-/m1/s1. The van der Waals surface area contributed by atoms with Crippen LogP contribution < -0.4 is 5.73 Å². The molecule has 0 fully saturated rings. The van der Waals surface area contributed by atoms with Crippen molar-refractivity contribution in [2.75, 3.05) is 0 Å². The summed E-state index contributed by atoms with van der Waals surface area (Å²) in [6.07, 6.45) is 0. The number of primary amides is 1. The first-order valence-electron chi connectivity index (χ1n) is 3.57. The first-order valence-corrected chi connectivity index (χ1v) is 3.57. The topological polar surface area (TPSA) is 66.9 Å². The zero-order valence-electron chi connectivity index (χ0n) is 6.70. The normalized spacial score (nSPS) is 14.2. The van der Waals surface area contributed by atoms with Crippen LogP contribution in [0.4, 0.5) is 4.39 Å². The van der Waals surface area contributed by atoms with Gasteiger partial charge in [-0.25, -0.2) is 4.39 Å². The molecule has 0 saturated heterocycles. The monoisotopic (exact) mass is 178 g/mol. The van der Waals surface area contributed by atoms with Gasteiger partial charge in [0, 0.05) is 5.56 Å². The van der Waals surface area contributed by atoms with Crippen molar-refractivity contribution in [1.82, 2.24) is 0 Å². The summed E-state index contributed by atoms with van der Waals surface area (Å²) < 4.78 is 13.5. The van der Waals surface area contributed by atoms with E-state index in [0.29, 0.717) is 0 Å². The van der Waals surface area contributed by atoms with Gasteiger partial charge in [-0.05, 0) is 0 Å². The molecule has 0 heterocycles. The Bertz CT molecular complexity index is 358. The molecule has 1 atom stereocenters. The van der Waals surface area contributed by atoms with Gasteiger partial charge in [0.05, 0.1) is 0 Å². The summed E-state index contributed by atoms with van der Waals surface area (Å²) in [5, 5.41) is 8.48. The Morgan fingerprint density at radius 3 is 2.38 bits per heavy atom. The van der Waals surface area contributed by atoms with E-state index in [0.717, 1.165) is 0 Å². The van der Waals surface area contributed by atoms with Crippen LogP contribution in [-0.2, 0) is 10.5 Å². The molecule has 0 radical (unpaired) electrons. The molecular formula is C9H7FN2O. The maximum atomic E-state index is 13.5. The maximum Gasteiger partial charge on any atom is 0.297 e. The second-order valence-electron chi connectivity index (χ2n) is 2.50. The number of carbonyl (C=O) groups excluding carboxylic acids is 1.